The number of rotatable bonds is 2. The van der Waals surface area contributed by atoms with E-state index in [1.165, 1.54) is 0 Å². The number of halogens is 1. The average Bonchev–Trinajstić information content (AvgIpc) is 2.59. The van der Waals surface area contributed by atoms with Crippen LogP contribution in [0, 0.1) is 21.0 Å². The van der Waals surface area contributed by atoms with Gasteiger partial charge in [0.15, 0.2) is 0 Å². The number of pyridine rings is 2. The molecule has 2 nitrogen and oxygen atoms in total. The zero-order chi connectivity index (χ0) is 16.8. The van der Waals surface area contributed by atoms with Crippen molar-refractivity contribution in [3.05, 3.63) is 93.6 Å². The van der Waals surface area contributed by atoms with Crippen LogP contribution in [0.25, 0.3) is 22.5 Å². The van der Waals surface area contributed by atoms with Crippen molar-refractivity contribution in [3.63, 3.8) is 0 Å². The number of aromatic nitrogens is 2. The summed E-state index contributed by atoms with van der Waals surface area (Å²) in [5, 5.41) is 0. The van der Waals surface area contributed by atoms with E-state index in [0.717, 1.165) is 28.1 Å². The second-order valence-electron chi connectivity index (χ2n) is 4.94. The van der Waals surface area contributed by atoms with Gasteiger partial charge in [0.25, 0.3) is 0 Å². The molecule has 0 N–H and O–H groups in total. The fraction of sp³-hybridized carbons (Fsp3) is 0. The van der Waals surface area contributed by atoms with Crippen LogP contribution in [0.3, 0.4) is 0 Å². The Morgan fingerprint density at radius 1 is 0.696 bits per heavy atom. The Bertz CT molecular complexity index is 739. The van der Waals surface area contributed by atoms with Gasteiger partial charge in [0.05, 0.1) is 23.8 Å². The molecule has 0 aliphatic heterocycles. The van der Waals surface area contributed by atoms with Gasteiger partial charge < -0.3 is 9.13 Å². The van der Waals surface area contributed by atoms with Crippen molar-refractivity contribution < 1.29 is 27.9 Å². The first-order valence-corrected chi connectivity index (χ1v) is 9.71. The summed E-state index contributed by atoms with van der Waals surface area (Å²) >= 11 is 1.61. The molecule has 0 amide bonds. The summed E-state index contributed by atoms with van der Waals surface area (Å²) < 4.78 is 3.72. The topological polar surface area (TPSA) is 7.76 Å². The first-order chi connectivity index (χ1) is 11.2. The molecule has 1 aromatic carbocycles. The summed E-state index contributed by atoms with van der Waals surface area (Å²) in [6.07, 6.45) is 3.87. The minimum absolute atomic E-state index is 0.977. The van der Waals surface area contributed by atoms with Crippen molar-refractivity contribution in [1.82, 2.24) is 0 Å². The fourth-order valence-electron chi connectivity index (χ4n) is 2.51. The number of benzene rings is 1. The van der Waals surface area contributed by atoms with E-state index in [-0.39, 0.29) is 0 Å². The predicted molar refractivity (Wildman–Crippen MR) is 89.5 cm³/mol. The van der Waals surface area contributed by atoms with E-state index in [2.05, 4.69) is 42.6 Å². The average molecular weight is 504 g/mol. The fourth-order valence-corrected chi connectivity index (χ4v) is 2.51. The van der Waals surface area contributed by atoms with Gasteiger partial charge in [-0.3, -0.25) is 0 Å². The molecule has 0 saturated heterocycles. The molecule has 0 radical (unpaired) electrons. The molecule has 121 valence electrons. The Morgan fingerprint density at radius 2 is 1.13 bits per heavy atom. The van der Waals surface area contributed by atoms with Gasteiger partial charge in [-0.25, -0.2) is 0 Å². The third kappa shape index (κ3) is 3.72. The summed E-state index contributed by atoms with van der Waals surface area (Å²) in [7, 11) is 12.7. The van der Waals surface area contributed by atoms with Crippen LogP contribution in [0.2, 0.25) is 0 Å². The van der Waals surface area contributed by atoms with E-state index in [4.69, 9.17) is 0 Å². The first kappa shape index (κ1) is 17.5. The maximum absolute atomic E-state index is 4.61. The van der Waals surface area contributed by atoms with Gasteiger partial charge in [-0.2, -0.15) is 12.5 Å². The van der Waals surface area contributed by atoms with Gasteiger partial charge >= 0.3 is 28.2 Å². The van der Waals surface area contributed by atoms with E-state index in [1.54, 1.807) is 18.8 Å². The summed E-state index contributed by atoms with van der Waals surface area (Å²) in [5.41, 5.74) is 5.20. The molecule has 0 spiro atoms. The first-order valence-electron chi connectivity index (χ1n) is 6.89. The number of hydrogen-bond acceptors (Lipinski definition) is 0. The Morgan fingerprint density at radius 3 is 1.52 bits per heavy atom. The van der Waals surface area contributed by atoms with Crippen LogP contribution in [0.5, 0.6) is 0 Å². The third-order valence-electron chi connectivity index (χ3n) is 3.61. The molecule has 0 saturated carbocycles. The minimum atomic E-state index is 0.977. The van der Waals surface area contributed by atoms with Gasteiger partial charge in [-0.1, -0.05) is 42.5 Å². The number of hydrogen-bond donors (Lipinski definition) is 0. The van der Waals surface area contributed by atoms with Crippen LogP contribution in [0.15, 0.2) is 67.0 Å². The third-order valence-corrected chi connectivity index (χ3v) is 3.61. The quantitative estimate of drug-likeness (QED) is 0.372. The summed E-state index contributed by atoms with van der Waals surface area (Å²) in [6.45, 7) is 4.27. The van der Waals surface area contributed by atoms with Crippen molar-refractivity contribution in [2.24, 2.45) is 0 Å². The van der Waals surface area contributed by atoms with E-state index < -0.39 is 0 Å². The van der Waals surface area contributed by atoms with E-state index in [0.29, 0.717) is 0 Å². The van der Waals surface area contributed by atoms with Gasteiger partial charge in [0, 0.05) is 14.1 Å². The van der Waals surface area contributed by atoms with Crippen molar-refractivity contribution in [3.8, 4) is 22.5 Å². The van der Waals surface area contributed by atoms with E-state index in [9.17, 15) is 0 Å². The molecule has 2 heterocycles. The Hall–Kier alpha value is -1.89. The SMILES string of the molecule is [CH2-]c1c(-c2cccc[n+]2[CH2-])cccc1-c1cccc[n+]1[CH2-].[Cl][Pt]. The van der Waals surface area contributed by atoms with Crippen LogP contribution in [0.4, 0.5) is 0 Å². The molecule has 0 fully saturated rings. The normalized spacial score (nSPS) is 9.87. The van der Waals surface area contributed by atoms with Crippen molar-refractivity contribution in [1.29, 1.82) is 0 Å². The zero-order valence-corrected chi connectivity index (χ0v) is 15.6. The maximum atomic E-state index is 4.61. The second-order valence-corrected chi connectivity index (χ2v) is 4.94. The van der Waals surface area contributed by atoms with Crippen molar-refractivity contribution in [2.45, 2.75) is 0 Å². The molecule has 0 aliphatic rings. The molecule has 0 aliphatic carbocycles. The second kappa shape index (κ2) is 8.10. The van der Waals surface area contributed by atoms with Crippen molar-refractivity contribution >= 4 is 9.42 Å². The Balaban J connectivity index is 0.000000924. The standard InChI is InChI=1S/C19H17N2.ClH.Pt/c1-15-16(18-11-4-6-13-20(18)2)9-8-10-17(15)19-12-5-7-14-21(19)3;;/h4-14H,1-3H2;1H;/q-1;;+1/p-1. The monoisotopic (exact) mass is 503 g/mol. The van der Waals surface area contributed by atoms with Crippen LogP contribution < -0.4 is 9.13 Å². The molecule has 0 unspecified atom stereocenters. The summed E-state index contributed by atoms with van der Waals surface area (Å²) in [4.78, 5) is 0. The predicted octanol–water partition coefficient (Wildman–Crippen LogP) is 3.74. The van der Waals surface area contributed by atoms with Crippen molar-refractivity contribution in [2.75, 3.05) is 0 Å². The van der Waals surface area contributed by atoms with Gasteiger partial charge in [0.2, 0.25) is 0 Å². The van der Waals surface area contributed by atoms with Crippen LogP contribution in [0.1, 0.15) is 5.56 Å². The Kier molecular flexibility index (Phi) is 6.15. The van der Waals surface area contributed by atoms with Gasteiger partial charge in [-0.05, 0) is 0 Å². The molecule has 0 bridgehead atoms. The molecule has 3 aromatic rings. The molecular formula is C19H17ClN2Pt-. The van der Waals surface area contributed by atoms with Gasteiger partial charge in [-0.15, -0.1) is 23.3 Å². The van der Waals surface area contributed by atoms with Crippen LogP contribution >= 0.6 is 9.42 Å². The van der Waals surface area contributed by atoms with Crippen LogP contribution in [-0.2, 0) is 18.8 Å². The van der Waals surface area contributed by atoms with E-state index >= 15 is 0 Å². The molecule has 3 rings (SSSR count). The molecule has 23 heavy (non-hydrogen) atoms. The molecule has 0 atom stereocenters. The van der Waals surface area contributed by atoms with Gasteiger partial charge in [0.1, 0.15) is 0 Å². The Labute approximate surface area is 153 Å². The van der Waals surface area contributed by atoms with E-state index in [1.807, 2.05) is 64.0 Å². The summed E-state index contributed by atoms with van der Waals surface area (Å²) in [6, 6.07) is 18.2. The summed E-state index contributed by atoms with van der Waals surface area (Å²) in [5.74, 6) is 0. The molecular weight excluding hydrogens is 487 g/mol. The number of nitrogens with zero attached hydrogens (tertiary/aromatic N) is 2. The molecule has 4 heteroatoms. The van der Waals surface area contributed by atoms with Crippen LogP contribution in [-0.4, -0.2) is 0 Å². The zero-order valence-electron chi connectivity index (χ0n) is 12.6. The molecule has 2 aromatic heterocycles.